The number of benzene rings is 1. The molecule has 0 saturated carbocycles. The van der Waals surface area contributed by atoms with Crippen molar-refractivity contribution in [2.45, 2.75) is 13.0 Å². The molecule has 0 radical (unpaired) electrons. The Hall–Kier alpha value is -1.76. The highest BCUT2D eigenvalue weighted by Gasteiger charge is 2.14. The van der Waals surface area contributed by atoms with E-state index < -0.39 is 0 Å². The average molecular weight is 355 g/mol. The van der Waals surface area contributed by atoms with Gasteiger partial charge in [-0.1, -0.05) is 11.6 Å². The number of ether oxygens (including phenoxy) is 2. The van der Waals surface area contributed by atoms with Crippen molar-refractivity contribution < 1.29 is 14.3 Å². The van der Waals surface area contributed by atoms with Gasteiger partial charge in [-0.3, -0.25) is 0 Å². The van der Waals surface area contributed by atoms with E-state index in [1.807, 2.05) is 31.2 Å². The Balaban J connectivity index is 1.84. The van der Waals surface area contributed by atoms with Gasteiger partial charge < -0.3 is 20.1 Å². The minimum atomic E-state index is -0.293. The predicted molar refractivity (Wildman–Crippen MR) is 93.7 cm³/mol. The number of halogens is 1. The van der Waals surface area contributed by atoms with Crippen molar-refractivity contribution in [3.63, 3.8) is 0 Å². The van der Waals surface area contributed by atoms with Crippen molar-refractivity contribution >= 4 is 34.7 Å². The summed E-state index contributed by atoms with van der Waals surface area (Å²) in [6.07, 6.45) is -0.224. The highest BCUT2D eigenvalue weighted by Crippen LogP contribution is 2.28. The highest BCUT2D eigenvalue weighted by molar-refractivity contribution is 7.16. The Kier molecular flexibility index (Phi) is 6.70. The number of nitrogens with one attached hydrogen (secondary N) is 2. The van der Waals surface area contributed by atoms with Gasteiger partial charge in [0.25, 0.3) is 0 Å². The van der Waals surface area contributed by atoms with E-state index in [0.29, 0.717) is 23.2 Å². The molecule has 1 aromatic heterocycles. The summed E-state index contributed by atoms with van der Waals surface area (Å²) >= 11 is 7.36. The number of anilines is 1. The maximum atomic E-state index is 11.9. The molecule has 0 aliphatic carbocycles. The normalized spacial score (nSPS) is 11.8. The third-order valence-electron chi connectivity index (χ3n) is 3.07. The molecule has 23 heavy (non-hydrogen) atoms. The quantitative estimate of drug-likeness (QED) is 0.778. The van der Waals surface area contributed by atoms with Crippen LogP contribution in [0.2, 0.25) is 4.34 Å². The lowest BCUT2D eigenvalue weighted by molar-refractivity contribution is 0.107. The summed E-state index contributed by atoms with van der Waals surface area (Å²) in [7, 11) is 1.60. The molecule has 2 aromatic rings. The number of thiophene rings is 1. The van der Waals surface area contributed by atoms with Gasteiger partial charge in [-0.25, -0.2) is 4.79 Å². The Morgan fingerprint density at radius 2 is 2.00 bits per heavy atom. The van der Waals surface area contributed by atoms with Crippen molar-refractivity contribution in [3.8, 4) is 5.75 Å². The summed E-state index contributed by atoms with van der Waals surface area (Å²) < 4.78 is 11.4. The van der Waals surface area contributed by atoms with Crippen LogP contribution in [0, 0.1) is 0 Å². The number of urea groups is 1. The molecule has 0 spiro atoms. The Labute approximate surface area is 144 Å². The fraction of sp³-hybridized carbons (Fsp3) is 0.312. The fourth-order valence-electron chi connectivity index (χ4n) is 1.96. The predicted octanol–water partition coefficient (Wildman–Crippen LogP) is 4.31. The van der Waals surface area contributed by atoms with Crippen LogP contribution >= 0.6 is 22.9 Å². The molecule has 0 fully saturated rings. The number of rotatable bonds is 7. The van der Waals surface area contributed by atoms with Gasteiger partial charge in [0.1, 0.15) is 11.9 Å². The van der Waals surface area contributed by atoms with Crippen molar-refractivity contribution in [2.24, 2.45) is 0 Å². The molecule has 1 aromatic carbocycles. The standard InChI is InChI=1S/C16H19ClN2O3S/c1-3-22-12-6-4-11(5-7-12)19-16(20)18-10-13(21-2)14-8-9-15(17)23-14/h4-9,13H,3,10H2,1-2H3,(H2,18,19,20). The third kappa shape index (κ3) is 5.42. The van der Waals surface area contributed by atoms with E-state index >= 15 is 0 Å². The molecule has 1 atom stereocenters. The van der Waals surface area contributed by atoms with Crippen LogP contribution in [0.25, 0.3) is 0 Å². The molecular weight excluding hydrogens is 336 g/mol. The van der Waals surface area contributed by atoms with Gasteiger partial charge in [-0.05, 0) is 43.3 Å². The molecule has 0 bridgehead atoms. The minimum absolute atomic E-state index is 0.224. The smallest absolute Gasteiger partial charge is 0.319 e. The second kappa shape index (κ2) is 8.76. The number of hydrogen-bond acceptors (Lipinski definition) is 4. The van der Waals surface area contributed by atoms with Gasteiger partial charge in [-0.2, -0.15) is 0 Å². The summed E-state index contributed by atoms with van der Waals surface area (Å²) in [5, 5.41) is 5.55. The van der Waals surface area contributed by atoms with Crippen LogP contribution in [0.4, 0.5) is 10.5 Å². The zero-order valence-corrected chi connectivity index (χ0v) is 14.5. The van der Waals surface area contributed by atoms with Crippen LogP contribution in [0.15, 0.2) is 36.4 Å². The lowest BCUT2D eigenvalue weighted by Crippen LogP contribution is -2.32. The molecule has 0 saturated heterocycles. The van der Waals surface area contributed by atoms with Crippen LogP contribution in [0.5, 0.6) is 5.75 Å². The fourth-order valence-corrected chi connectivity index (χ4v) is 3.10. The molecular formula is C16H19ClN2O3S. The van der Waals surface area contributed by atoms with Gasteiger partial charge in [-0.15, -0.1) is 11.3 Å². The zero-order chi connectivity index (χ0) is 16.7. The number of amides is 2. The molecule has 1 unspecified atom stereocenters. The molecule has 0 aliphatic rings. The first-order chi connectivity index (χ1) is 11.1. The minimum Gasteiger partial charge on any atom is -0.494 e. The van der Waals surface area contributed by atoms with Crippen molar-refractivity contribution in [1.82, 2.24) is 5.32 Å². The number of methoxy groups -OCH3 is 1. The molecule has 5 nitrogen and oxygen atoms in total. The van der Waals surface area contributed by atoms with E-state index in [9.17, 15) is 4.79 Å². The van der Waals surface area contributed by atoms with Gasteiger partial charge in [0.15, 0.2) is 0 Å². The largest absolute Gasteiger partial charge is 0.494 e. The molecule has 2 N–H and O–H groups in total. The van der Waals surface area contributed by atoms with Crippen LogP contribution in [0.1, 0.15) is 17.9 Å². The molecule has 1 heterocycles. The average Bonchev–Trinajstić information content (AvgIpc) is 2.96. The summed E-state index contributed by atoms with van der Waals surface area (Å²) in [5.74, 6) is 0.771. The monoisotopic (exact) mass is 354 g/mol. The van der Waals surface area contributed by atoms with Gasteiger partial charge in [0.2, 0.25) is 0 Å². The number of carbonyl (C=O) groups excluding carboxylic acids is 1. The van der Waals surface area contributed by atoms with E-state index in [1.54, 1.807) is 19.2 Å². The third-order valence-corrected chi connectivity index (χ3v) is 4.39. The molecule has 7 heteroatoms. The van der Waals surface area contributed by atoms with Crippen LogP contribution in [0.3, 0.4) is 0 Å². The van der Waals surface area contributed by atoms with Crippen LogP contribution in [-0.2, 0) is 4.74 Å². The van der Waals surface area contributed by atoms with Gasteiger partial charge in [0, 0.05) is 17.7 Å². The lowest BCUT2D eigenvalue weighted by atomic mass is 10.3. The topological polar surface area (TPSA) is 59.6 Å². The summed E-state index contributed by atoms with van der Waals surface area (Å²) in [6, 6.07) is 10.6. The molecule has 2 amide bonds. The molecule has 124 valence electrons. The van der Waals surface area contributed by atoms with Gasteiger partial charge >= 0.3 is 6.03 Å². The maximum Gasteiger partial charge on any atom is 0.319 e. The zero-order valence-electron chi connectivity index (χ0n) is 13.0. The van der Waals surface area contributed by atoms with Gasteiger partial charge in [0.05, 0.1) is 17.5 Å². The van der Waals surface area contributed by atoms with Crippen LogP contribution < -0.4 is 15.4 Å². The molecule has 2 rings (SSSR count). The SMILES string of the molecule is CCOc1ccc(NC(=O)NCC(OC)c2ccc(Cl)s2)cc1. The molecule has 0 aliphatic heterocycles. The first-order valence-electron chi connectivity index (χ1n) is 7.18. The lowest BCUT2D eigenvalue weighted by Gasteiger charge is -2.15. The van der Waals surface area contributed by atoms with Crippen molar-refractivity contribution in [2.75, 3.05) is 25.6 Å². The van der Waals surface area contributed by atoms with Crippen molar-refractivity contribution in [1.29, 1.82) is 0 Å². The first kappa shape index (κ1) is 17.6. The Morgan fingerprint density at radius 3 is 2.57 bits per heavy atom. The van der Waals surface area contributed by atoms with Crippen molar-refractivity contribution in [3.05, 3.63) is 45.6 Å². The second-order valence-electron chi connectivity index (χ2n) is 4.66. The second-order valence-corrected chi connectivity index (χ2v) is 6.41. The summed E-state index contributed by atoms with van der Waals surface area (Å²) in [6.45, 7) is 2.89. The van der Waals surface area contributed by atoms with E-state index in [2.05, 4.69) is 10.6 Å². The van der Waals surface area contributed by atoms with E-state index in [4.69, 9.17) is 21.1 Å². The van der Waals surface area contributed by atoms with E-state index in [0.717, 1.165) is 10.6 Å². The summed E-state index contributed by atoms with van der Waals surface area (Å²) in [4.78, 5) is 12.9. The Bertz CT molecular complexity index is 631. The number of hydrogen-bond donors (Lipinski definition) is 2. The van der Waals surface area contributed by atoms with Crippen LogP contribution in [-0.4, -0.2) is 26.3 Å². The summed E-state index contributed by atoms with van der Waals surface area (Å²) in [5.41, 5.74) is 0.694. The first-order valence-corrected chi connectivity index (χ1v) is 8.37. The highest BCUT2D eigenvalue weighted by atomic mass is 35.5. The maximum absolute atomic E-state index is 11.9. The number of carbonyl (C=O) groups is 1. The van der Waals surface area contributed by atoms with E-state index in [-0.39, 0.29) is 12.1 Å². The Morgan fingerprint density at radius 1 is 1.26 bits per heavy atom. The van der Waals surface area contributed by atoms with E-state index in [1.165, 1.54) is 11.3 Å².